The molecule has 1 aliphatic heterocycles. The Morgan fingerprint density at radius 1 is 1.13 bits per heavy atom. The van der Waals surface area contributed by atoms with Gasteiger partial charge in [0.15, 0.2) is 5.65 Å². The average molecular weight is 419 g/mol. The van der Waals surface area contributed by atoms with Gasteiger partial charge in [-0.3, -0.25) is 9.59 Å². The van der Waals surface area contributed by atoms with E-state index in [2.05, 4.69) is 15.2 Å². The lowest BCUT2D eigenvalue weighted by Gasteiger charge is -2.37. The molecule has 8 heteroatoms. The van der Waals surface area contributed by atoms with Crippen LogP contribution in [0.2, 0.25) is 0 Å². The summed E-state index contributed by atoms with van der Waals surface area (Å²) in [5, 5.41) is 20.0. The molecular weight excluding hydrogens is 394 g/mol. The molecule has 0 spiro atoms. The molecule has 0 unspecified atom stereocenters. The number of aromatic hydroxyl groups is 1. The molecule has 0 radical (unpaired) electrons. The van der Waals surface area contributed by atoms with Crippen LogP contribution in [0.3, 0.4) is 0 Å². The summed E-state index contributed by atoms with van der Waals surface area (Å²) >= 11 is 0. The number of phenolic OH excluding ortho intramolecular Hbond substituents is 1. The van der Waals surface area contributed by atoms with Crippen molar-refractivity contribution in [1.29, 1.82) is 0 Å². The fourth-order valence-electron chi connectivity index (χ4n) is 5.06. The zero-order valence-corrected chi connectivity index (χ0v) is 17.1. The lowest BCUT2D eigenvalue weighted by atomic mass is 9.76. The van der Waals surface area contributed by atoms with E-state index in [1.54, 1.807) is 17.0 Å². The van der Waals surface area contributed by atoms with E-state index in [4.69, 9.17) is 5.73 Å². The number of fused-ring (bicyclic) bond motifs is 1. The summed E-state index contributed by atoms with van der Waals surface area (Å²) in [7, 11) is 0. The maximum Gasteiger partial charge on any atom is 0.220 e. The Labute approximate surface area is 179 Å². The smallest absolute Gasteiger partial charge is 0.220 e. The molecule has 5 rings (SSSR count). The van der Waals surface area contributed by atoms with Gasteiger partial charge in [0.25, 0.3) is 0 Å². The molecule has 2 aliphatic rings. The molecule has 8 nitrogen and oxygen atoms in total. The molecule has 4 N–H and O–H groups in total. The normalized spacial score (nSPS) is 21.7. The van der Waals surface area contributed by atoms with Crippen LogP contribution in [0.4, 0.5) is 0 Å². The Balaban J connectivity index is 1.57. The van der Waals surface area contributed by atoms with Crippen LogP contribution in [0.1, 0.15) is 48.8 Å². The van der Waals surface area contributed by atoms with Gasteiger partial charge in [-0.15, -0.1) is 10.2 Å². The first-order chi connectivity index (χ1) is 15.0. The maximum absolute atomic E-state index is 11.6. The number of amides is 2. The number of likely N-dealkylation sites (tertiary alicyclic amines) is 1. The van der Waals surface area contributed by atoms with Crippen molar-refractivity contribution in [1.82, 2.24) is 20.1 Å². The molecule has 2 amide bonds. The second-order valence-corrected chi connectivity index (χ2v) is 8.67. The third-order valence-corrected chi connectivity index (χ3v) is 6.81. The van der Waals surface area contributed by atoms with E-state index in [9.17, 15) is 14.7 Å². The highest BCUT2D eigenvalue weighted by Gasteiger charge is 2.35. The van der Waals surface area contributed by atoms with Crippen LogP contribution < -0.4 is 5.73 Å². The number of hydrogen-bond donors (Lipinski definition) is 3. The summed E-state index contributed by atoms with van der Waals surface area (Å²) in [5.41, 5.74) is 9.82. The van der Waals surface area contributed by atoms with Gasteiger partial charge in [0.05, 0.1) is 5.69 Å². The number of H-pyrrole nitrogens is 1. The molecule has 31 heavy (non-hydrogen) atoms. The van der Waals surface area contributed by atoms with E-state index < -0.39 is 0 Å². The number of hydrogen-bond acceptors (Lipinski definition) is 5. The first-order valence-corrected chi connectivity index (χ1v) is 10.7. The number of nitrogens with two attached hydrogens (primary N) is 1. The van der Waals surface area contributed by atoms with Crippen molar-refractivity contribution in [2.75, 3.05) is 13.1 Å². The number of carbonyl (C=O) groups is 2. The summed E-state index contributed by atoms with van der Waals surface area (Å²) in [4.78, 5) is 27.9. The summed E-state index contributed by atoms with van der Waals surface area (Å²) < 4.78 is 0. The molecular formula is C23H25N5O3. The number of benzene rings is 1. The van der Waals surface area contributed by atoms with Gasteiger partial charge in [0.1, 0.15) is 5.75 Å². The van der Waals surface area contributed by atoms with E-state index >= 15 is 0 Å². The Bertz CT molecular complexity index is 1140. The number of carbonyl (C=O) groups excluding carboxylic acids is 2. The predicted molar refractivity (Wildman–Crippen MR) is 115 cm³/mol. The van der Waals surface area contributed by atoms with Gasteiger partial charge in [-0.2, -0.15) is 0 Å². The first-order valence-electron chi connectivity index (χ1n) is 10.7. The van der Waals surface area contributed by atoms with Gasteiger partial charge in [-0.25, -0.2) is 0 Å². The average Bonchev–Trinajstić information content (AvgIpc) is 3.11. The maximum atomic E-state index is 11.6. The van der Waals surface area contributed by atoms with E-state index in [1.165, 1.54) is 5.56 Å². The molecule has 1 aromatic carbocycles. The molecule has 3 heterocycles. The third-order valence-electron chi connectivity index (χ3n) is 6.81. The van der Waals surface area contributed by atoms with Crippen molar-refractivity contribution in [3.05, 3.63) is 41.6 Å². The summed E-state index contributed by atoms with van der Waals surface area (Å²) in [6, 6.07) is 9.08. The Morgan fingerprint density at radius 3 is 2.55 bits per heavy atom. The van der Waals surface area contributed by atoms with Crippen LogP contribution in [0.5, 0.6) is 5.75 Å². The summed E-state index contributed by atoms with van der Waals surface area (Å²) in [5.74, 6) is 0.403. The predicted octanol–water partition coefficient (Wildman–Crippen LogP) is 2.65. The van der Waals surface area contributed by atoms with Gasteiger partial charge in [0.2, 0.25) is 12.3 Å². The number of para-hydroxylation sites is 1. The van der Waals surface area contributed by atoms with Crippen molar-refractivity contribution >= 4 is 23.4 Å². The van der Waals surface area contributed by atoms with Gasteiger partial charge >= 0.3 is 0 Å². The summed E-state index contributed by atoms with van der Waals surface area (Å²) in [6.45, 7) is 1.36. The fraction of sp³-hybridized carbons (Fsp3) is 0.391. The van der Waals surface area contributed by atoms with E-state index in [-0.39, 0.29) is 29.4 Å². The van der Waals surface area contributed by atoms with Crippen molar-refractivity contribution in [2.24, 2.45) is 11.7 Å². The number of nitrogens with one attached hydrogen (secondary N) is 1. The minimum absolute atomic E-state index is 0.0595. The molecule has 3 aromatic rings. The highest BCUT2D eigenvalue weighted by atomic mass is 16.3. The molecule has 160 valence electrons. The van der Waals surface area contributed by atoms with Crippen LogP contribution in [0.25, 0.3) is 22.3 Å². The number of phenols is 1. The van der Waals surface area contributed by atoms with Crippen molar-refractivity contribution < 1.29 is 14.7 Å². The second-order valence-electron chi connectivity index (χ2n) is 8.67. The van der Waals surface area contributed by atoms with Crippen molar-refractivity contribution in [2.45, 2.75) is 37.5 Å². The van der Waals surface area contributed by atoms with Crippen molar-refractivity contribution in [3.8, 4) is 17.0 Å². The highest BCUT2D eigenvalue weighted by Crippen LogP contribution is 2.44. The van der Waals surface area contributed by atoms with Crippen LogP contribution in [-0.4, -0.2) is 50.6 Å². The van der Waals surface area contributed by atoms with Gasteiger partial charge < -0.3 is 20.7 Å². The molecule has 1 saturated carbocycles. The third kappa shape index (κ3) is 3.41. The number of aromatic nitrogens is 3. The number of nitrogens with zero attached hydrogens (tertiary/aromatic N) is 3. The first kappa shape index (κ1) is 19.5. The topological polar surface area (TPSA) is 125 Å². The van der Waals surface area contributed by atoms with E-state index in [1.807, 2.05) is 18.2 Å². The molecule has 0 bridgehead atoms. The van der Waals surface area contributed by atoms with Gasteiger partial charge in [-0.05, 0) is 55.4 Å². The highest BCUT2D eigenvalue weighted by molar-refractivity contribution is 5.86. The zero-order chi connectivity index (χ0) is 21.5. The standard InChI is InChI=1S/C23H25N5O3/c24-22(31)14-7-5-13(6-8-14)20-17-9-18(16-3-1-2-4-19(16)30)26-27-23(17)25-21(20)15-10-28(11-15)12-29/h1-4,9,12-15,30H,5-8,10-11H2,(H2,24,31)(H,25,27). The quantitative estimate of drug-likeness (QED) is 0.548. The minimum atomic E-state index is -0.217. The SMILES string of the molecule is NC(=O)C1CCC(c2c(C3CN(C=O)C3)[nH]c3nnc(-c4ccccc4O)cc23)CC1. The van der Waals surface area contributed by atoms with Crippen molar-refractivity contribution in [3.63, 3.8) is 0 Å². The molecule has 0 atom stereocenters. The minimum Gasteiger partial charge on any atom is -0.507 e. The zero-order valence-electron chi connectivity index (χ0n) is 17.1. The Hall–Kier alpha value is -3.42. The number of primary amides is 1. The van der Waals surface area contributed by atoms with E-state index in [0.29, 0.717) is 30.0 Å². The number of aromatic amines is 1. The molecule has 1 saturated heterocycles. The monoisotopic (exact) mass is 419 g/mol. The van der Waals surface area contributed by atoms with Gasteiger partial charge in [-0.1, -0.05) is 12.1 Å². The molecule has 2 aromatic heterocycles. The second kappa shape index (κ2) is 7.68. The van der Waals surface area contributed by atoms with Crippen LogP contribution >= 0.6 is 0 Å². The van der Waals surface area contributed by atoms with E-state index in [0.717, 1.165) is 43.2 Å². The van der Waals surface area contributed by atoms with Crippen LogP contribution in [0.15, 0.2) is 30.3 Å². The van der Waals surface area contributed by atoms with Crippen LogP contribution in [0, 0.1) is 5.92 Å². The molecule has 1 aliphatic carbocycles. The molecule has 2 fully saturated rings. The largest absolute Gasteiger partial charge is 0.507 e. The lowest BCUT2D eigenvalue weighted by molar-refractivity contribution is -0.123. The van der Waals surface area contributed by atoms with Crippen LogP contribution in [-0.2, 0) is 9.59 Å². The Kier molecular flexibility index (Phi) is 4.84. The Morgan fingerprint density at radius 2 is 1.87 bits per heavy atom. The summed E-state index contributed by atoms with van der Waals surface area (Å²) in [6.07, 6.45) is 4.20. The lowest BCUT2D eigenvalue weighted by Crippen LogP contribution is -2.44. The fourth-order valence-corrected chi connectivity index (χ4v) is 5.06. The van der Waals surface area contributed by atoms with Gasteiger partial charge in [0, 0.05) is 41.6 Å². The number of rotatable bonds is 5.